The Hall–Kier alpha value is -2.00. The topological polar surface area (TPSA) is 48.7 Å². The lowest BCUT2D eigenvalue weighted by Crippen LogP contribution is -1.97. The average Bonchev–Trinajstić information content (AvgIpc) is 2.34. The van der Waals surface area contributed by atoms with Gasteiger partial charge in [-0.3, -0.25) is 0 Å². The standard InChI is InChI=1S/C12H6BrF2N3/c13-10-3-7(14)4-11(15)12(10)18-9-2-1-8(5-16)17-6-9/h1-4,6,18H. The Balaban J connectivity index is 2.31. The zero-order valence-electron chi connectivity index (χ0n) is 8.92. The van der Waals surface area contributed by atoms with Crippen molar-refractivity contribution in [2.75, 3.05) is 5.32 Å². The van der Waals surface area contributed by atoms with Gasteiger partial charge in [-0.2, -0.15) is 5.26 Å². The fourth-order valence-electron chi connectivity index (χ4n) is 1.34. The average molecular weight is 310 g/mol. The van der Waals surface area contributed by atoms with Gasteiger partial charge in [0.15, 0.2) is 5.82 Å². The van der Waals surface area contributed by atoms with Crippen molar-refractivity contribution < 1.29 is 8.78 Å². The van der Waals surface area contributed by atoms with Gasteiger partial charge in [0.1, 0.15) is 17.6 Å². The predicted octanol–water partition coefficient (Wildman–Crippen LogP) is 3.74. The number of nitrogens with zero attached hydrogens (tertiary/aromatic N) is 2. The molecule has 0 radical (unpaired) electrons. The quantitative estimate of drug-likeness (QED) is 0.919. The lowest BCUT2D eigenvalue weighted by molar-refractivity contribution is 0.584. The monoisotopic (exact) mass is 309 g/mol. The number of pyridine rings is 1. The van der Waals surface area contributed by atoms with Crippen molar-refractivity contribution in [1.82, 2.24) is 4.98 Å². The molecule has 0 amide bonds. The van der Waals surface area contributed by atoms with Crippen molar-refractivity contribution in [3.63, 3.8) is 0 Å². The van der Waals surface area contributed by atoms with E-state index in [0.29, 0.717) is 5.69 Å². The normalized spacial score (nSPS) is 9.89. The van der Waals surface area contributed by atoms with Gasteiger partial charge in [0.25, 0.3) is 0 Å². The molecule has 0 aliphatic rings. The van der Waals surface area contributed by atoms with Crippen LogP contribution in [0.2, 0.25) is 0 Å². The summed E-state index contributed by atoms with van der Waals surface area (Å²) in [5, 5.41) is 11.4. The minimum absolute atomic E-state index is 0.114. The van der Waals surface area contributed by atoms with E-state index in [1.54, 1.807) is 6.07 Å². The number of hydrogen-bond donors (Lipinski definition) is 1. The molecular formula is C12H6BrF2N3. The third-order valence-corrected chi connectivity index (χ3v) is 2.78. The summed E-state index contributed by atoms with van der Waals surface area (Å²) in [5.74, 6) is -1.38. The first-order chi connectivity index (χ1) is 8.60. The van der Waals surface area contributed by atoms with Gasteiger partial charge in [-0.15, -0.1) is 0 Å². The Morgan fingerprint density at radius 2 is 2.06 bits per heavy atom. The molecule has 2 rings (SSSR count). The molecule has 0 aliphatic heterocycles. The Kier molecular flexibility index (Phi) is 3.53. The van der Waals surface area contributed by atoms with Gasteiger partial charge >= 0.3 is 0 Å². The van der Waals surface area contributed by atoms with Gasteiger partial charge in [-0.25, -0.2) is 13.8 Å². The largest absolute Gasteiger partial charge is 0.351 e. The Bertz CT molecular complexity index is 597. The van der Waals surface area contributed by atoms with E-state index in [0.717, 1.165) is 12.1 Å². The number of rotatable bonds is 2. The summed E-state index contributed by atoms with van der Waals surface area (Å²) in [6, 6.07) is 6.90. The third-order valence-electron chi connectivity index (χ3n) is 2.15. The van der Waals surface area contributed by atoms with Crippen molar-refractivity contribution in [2.45, 2.75) is 0 Å². The molecule has 0 atom stereocenters. The van der Waals surface area contributed by atoms with E-state index in [9.17, 15) is 8.78 Å². The highest BCUT2D eigenvalue weighted by molar-refractivity contribution is 9.10. The smallest absolute Gasteiger partial charge is 0.150 e. The van der Waals surface area contributed by atoms with Crippen LogP contribution in [0.25, 0.3) is 0 Å². The van der Waals surface area contributed by atoms with Gasteiger partial charge in [-0.1, -0.05) is 0 Å². The summed E-state index contributed by atoms with van der Waals surface area (Å²) < 4.78 is 26.7. The molecule has 0 bridgehead atoms. The van der Waals surface area contributed by atoms with Crippen LogP contribution in [-0.2, 0) is 0 Å². The number of anilines is 2. The Morgan fingerprint density at radius 3 is 2.61 bits per heavy atom. The Morgan fingerprint density at radius 1 is 1.28 bits per heavy atom. The van der Waals surface area contributed by atoms with Gasteiger partial charge in [0.2, 0.25) is 0 Å². The van der Waals surface area contributed by atoms with Gasteiger partial charge < -0.3 is 5.32 Å². The van der Waals surface area contributed by atoms with E-state index >= 15 is 0 Å². The van der Waals surface area contributed by atoms with Crippen LogP contribution in [-0.4, -0.2) is 4.98 Å². The van der Waals surface area contributed by atoms with Crippen LogP contribution < -0.4 is 5.32 Å². The summed E-state index contributed by atoms with van der Waals surface area (Å²) in [6.45, 7) is 0. The second kappa shape index (κ2) is 5.10. The maximum absolute atomic E-state index is 13.5. The molecule has 0 saturated heterocycles. The molecule has 6 heteroatoms. The molecule has 0 spiro atoms. The second-order valence-electron chi connectivity index (χ2n) is 3.41. The van der Waals surface area contributed by atoms with E-state index in [4.69, 9.17) is 5.26 Å². The molecule has 0 aliphatic carbocycles. The van der Waals surface area contributed by atoms with Crippen LogP contribution in [0.3, 0.4) is 0 Å². The highest BCUT2D eigenvalue weighted by Crippen LogP contribution is 2.29. The van der Waals surface area contributed by atoms with Crippen LogP contribution >= 0.6 is 15.9 Å². The SMILES string of the molecule is N#Cc1ccc(Nc2c(F)cc(F)cc2Br)cn1. The van der Waals surface area contributed by atoms with Crippen LogP contribution in [0.4, 0.5) is 20.2 Å². The molecule has 1 heterocycles. The molecule has 90 valence electrons. The summed E-state index contributed by atoms with van der Waals surface area (Å²) in [6.07, 6.45) is 1.40. The predicted molar refractivity (Wildman–Crippen MR) is 66.3 cm³/mol. The second-order valence-corrected chi connectivity index (χ2v) is 4.27. The highest BCUT2D eigenvalue weighted by atomic mass is 79.9. The fraction of sp³-hybridized carbons (Fsp3) is 0. The van der Waals surface area contributed by atoms with Crippen LogP contribution in [0, 0.1) is 23.0 Å². The first kappa shape index (κ1) is 12.5. The molecular weight excluding hydrogens is 304 g/mol. The summed E-state index contributed by atoms with van der Waals surface area (Å²) >= 11 is 3.07. The molecule has 0 unspecified atom stereocenters. The summed E-state index contributed by atoms with van der Waals surface area (Å²) in [5.41, 5.74) is 0.877. The molecule has 0 saturated carbocycles. The first-order valence-corrected chi connectivity index (χ1v) is 5.67. The number of nitriles is 1. The zero-order valence-corrected chi connectivity index (χ0v) is 10.5. The minimum Gasteiger partial charge on any atom is -0.351 e. The number of hydrogen-bond acceptors (Lipinski definition) is 3. The molecule has 1 aromatic heterocycles. The van der Waals surface area contributed by atoms with Gasteiger partial charge in [-0.05, 0) is 34.1 Å². The number of benzene rings is 1. The molecule has 0 fully saturated rings. The van der Waals surface area contributed by atoms with Crippen LogP contribution in [0.5, 0.6) is 0 Å². The molecule has 2 aromatic rings. The first-order valence-electron chi connectivity index (χ1n) is 4.88. The van der Waals surface area contributed by atoms with E-state index in [1.807, 2.05) is 6.07 Å². The fourth-order valence-corrected chi connectivity index (χ4v) is 1.85. The van der Waals surface area contributed by atoms with Crippen LogP contribution in [0.1, 0.15) is 5.69 Å². The van der Waals surface area contributed by atoms with Gasteiger partial charge in [0.05, 0.1) is 17.6 Å². The molecule has 1 N–H and O–H groups in total. The number of halogens is 3. The summed E-state index contributed by atoms with van der Waals surface area (Å²) in [7, 11) is 0. The number of aromatic nitrogens is 1. The van der Waals surface area contributed by atoms with Crippen molar-refractivity contribution in [3.8, 4) is 6.07 Å². The van der Waals surface area contributed by atoms with Crippen molar-refractivity contribution in [3.05, 3.63) is 52.3 Å². The minimum atomic E-state index is -0.716. The lowest BCUT2D eigenvalue weighted by atomic mass is 10.2. The zero-order chi connectivity index (χ0) is 13.1. The molecule has 1 aromatic carbocycles. The molecule has 3 nitrogen and oxygen atoms in total. The van der Waals surface area contributed by atoms with E-state index in [1.165, 1.54) is 12.3 Å². The highest BCUT2D eigenvalue weighted by Gasteiger charge is 2.09. The Labute approximate surface area is 110 Å². The lowest BCUT2D eigenvalue weighted by Gasteiger charge is -2.09. The van der Waals surface area contributed by atoms with Crippen LogP contribution in [0.15, 0.2) is 34.9 Å². The van der Waals surface area contributed by atoms with Crippen molar-refractivity contribution in [2.24, 2.45) is 0 Å². The van der Waals surface area contributed by atoms with E-state index in [-0.39, 0.29) is 15.9 Å². The molecule has 18 heavy (non-hydrogen) atoms. The number of nitrogens with one attached hydrogen (secondary N) is 1. The van der Waals surface area contributed by atoms with E-state index < -0.39 is 11.6 Å². The van der Waals surface area contributed by atoms with Gasteiger partial charge in [0, 0.05) is 10.5 Å². The van der Waals surface area contributed by atoms with Crippen molar-refractivity contribution >= 4 is 27.3 Å². The maximum atomic E-state index is 13.5. The van der Waals surface area contributed by atoms with Crippen molar-refractivity contribution in [1.29, 1.82) is 5.26 Å². The third kappa shape index (κ3) is 2.63. The maximum Gasteiger partial charge on any atom is 0.150 e. The van der Waals surface area contributed by atoms with E-state index in [2.05, 4.69) is 26.2 Å². The summed E-state index contributed by atoms with van der Waals surface area (Å²) in [4.78, 5) is 3.83.